The maximum Gasteiger partial charge on any atom is 0.216 e. The predicted molar refractivity (Wildman–Crippen MR) is 40.3 cm³/mol. The molecule has 0 aromatic heterocycles. The van der Waals surface area contributed by atoms with Gasteiger partial charge in [-0.2, -0.15) is 0 Å². The van der Waals surface area contributed by atoms with Crippen molar-refractivity contribution in [2.75, 3.05) is 6.61 Å². The molecule has 0 heterocycles. The lowest BCUT2D eigenvalue weighted by Gasteiger charge is -1.97. The normalized spacial score (nSPS) is 18.1. The van der Waals surface area contributed by atoms with Crippen LogP contribution in [-0.2, 0) is 4.74 Å². The summed E-state index contributed by atoms with van der Waals surface area (Å²) in [4.78, 5) is 0. The molecule has 1 nitrogen and oxygen atoms in total. The number of hydrogen-bond acceptors (Lipinski definition) is 2. The molecule has 1 aliphatic carbocycles. The van der Waals surface area contributed by atoms with E-state index >= 15 is 0 Å². The van der Waals surface area contributed by atoms with E-state index in [1.54, 1.807) is 0 Å². The number of rotatable bonds is 2. The van der Waals surface area contributed by atoms with Crippen molar-refractivity contribution >= 4 is 29.2 Å². The van der Waals surface area contributed by atoms with Crippen LogP contribution >= 0.6 is 24.8 Å². The van der Waals surface area contributed by atoms with Gasteiger partial charge in [-0.05, 0) is 31.0 Å². The minimum Gasteiger partial charge on any atom is -0.478 e. The van der Waals surface area contributed by atoms with E-state index in [1.807, 2.05) is 0 Å². The Labute approximate surface area is 59.8 Å². The van der Waals surface area contributed by atoms with Crippen LogP contribution in [0.3, 0.4) is 0 Å². The molecule has 1 saturated carbocycles. The van der Waals surface area contributed by atoms with Gasteiger partial charge in [0.25, 0.3) is 0 Å². The topological polar surface area (TPSA) is 9.23 Å². The molecule has 0 radical (unpaired) electrons. The largest absolute Gasteiger partial charge is 0.478 e. The molecule has 0 unspecified atom stereocenters. The molecule has 0 atom stereocenters. The fourth-order valence-electron chi connectivity index (χ4n) is 0.474. The van der Waals surface area contributed by atoms with E-state index in [-0.39, 0.29) is 0 Å². The van der Waals surface area contributed by atoms with Crippen molar-refractivity contribution in [1.82, 2.24) is 0 Å². The number of thiol groups is 1. The summed E-state index contributed by atoms with van der Waals surface area (Å²) in [5.41, 5.74) is 0. The summed E-state index contributed by atoms with van der Waals surface area (Å²) in [6, 6.07) is 0. The lowest BCUT2D eigenvalue weighted by molar-refractivity contribution is 0.303. The van der Waals surface area contributed by atoms with Crippen molar-refractivity contribution in [3.05, 3.63) is 0 Å². The molecule has 46 valence electrons. The SMILES string of the molecule is S=C(S)OCC1CC1. The van der Waals surface area contributed by atoms with Crippen molar-refractivity contribution in [1.29, 1.82) is 0 Å². The van der Waals surface area contributed by atoms with Gasteiger partial charge in [0.05, 0.1) is 6.61 Å². The van der Waals surface area contributed by atoms with E-state index in [4.69, 9.17) is 4.74 Å². The van der Waals surface area contributed by atoms with Crippen molar-refractivity contribution in [3.8, 4) is 0 Å². The summed E-state index contributed by atoms with van der Waals surface area (Å²) < 4.78 is 5.33. The van der Waals surface area contributed by atoms with Gasteiger partial charge in [-0.1, -0.05) is 12.6 Å². The lowest BCUT2D eigenvalue weighted by atomic mass is 10.5. The van der Waals surface area contributed by atoms with E-state index in [1.165, 1.54) is 12.8 Å². The zero-order chi connectivity index (χ0) is 5.98. The summed E-state index contributed by atoms with van der Waals surface area (Å²) in [5, 5.41) is 0. The second-order valence-electron chi connectivity index (χ2n) is 2.02. The first-order valence-corrected chi connectivity index (χ1v) is 3.50. The lowest BCUT2D eigenvalue weighted by Crippen LogP contribution is -1.96. The Morgan fingerprint density at radius 1 is 1.75 bits per heavy atom. The van der Waals surface area contributed by atoms with Crippen LogP contribution in [0, 0.1) is 5.92 Å². The molecular weight excluding hydrogens is 140 g/mol. The molecule has 8 heavy (non-hydrogen) atoms. The average molecular weight is 148 g/mol. The first-order valence-electron chi connectivity index (χ1n) is 2.65. The summed E-state index contributed by atoms with van der Waals surface area (Å²) >= 11 is 8.39. The van der Waals surface area contributed by atoms with Gasteiger partial charge in [0.15, 0.2) is 0 Å². The number of hydrogen-bond donors (Lipinski definition) is 1. The van der Waals surface area contributed by atoms with Gasteiger partial charge in [0, 0.05) is 0 Å². The second kappa shape index (κ2) is 2.69. The van der Waals surface area contributed by atoms with Crippen LogP contribution in [0.4, 0.5) is 0 Å². The first kappa shape index (κ1) is 6.36. The third-order valence-electron chi connectivity index (χ3n) is 1.14. The first-order chi connectivity index (χ1) is 3.79. The van der Waals surface area contributed by atoms with Crippen LogP contribution in [0.25, 0.3) is 0 Å². The van der Waals surface area contributed by atoms with Crippen LogP contribution < -0.4 is 0 Å². The monoisotopic (exact) mass is 148 g/mol. The molecular formula is C5H8OS2. The third-order valence-corrected chi connectivity index (χ3v) is 1.39. The Morgan fingerprint density at radius 2 is 2.38 bits per heavy atom. The Balaban J connectivity index is 1.95. The van der Waals surface area contributed by atoms with Gasteiger partial charge in [0.2, 0.25) is 4.38 Å². The van der Waals surface area contributed by atoms with Crippen molar-refractivity contribution < 1.29 is 4.74 Å². The van der Waals surface area contributed by atoms with Gasteiger partial charge in [-0.25, -0.2) is 0 Å². The van der Waals surface area contributed by atoms with Gasteiger partial charge in [-0.15, -0.1) is 0 Å². The quantitative estimate of drug-likeness (QED) is 0.471. The highest BCUT2D eigenvalue weighted by atomic mass is 32.1. The minimum absolute atomic E-state index is 0.372. The summed E-state index contributed by atoms with van der Waals surface area (Å²) in [7, 11) is 0. The summed E-state index contributed by atoms with van der Waals surface area (Å²) in [6.45, 7) is 0.780. The molecule has 0 amide bonds. The molecule has 0 aromatic carbocycles. The van der Waals surface area contributed by atoms with E-state index < -0.39 is 0 Å². The second-order valence-corrected chi connectivity index (χ2v) is 3.10. The highest BCUT2D eigenvalue weighted by Crippen LogP contribution is 2.28. The zero-order valence-electron chi connectivity index (χ0n) is 4.46. The van der Waals surface area contributed by atoms with Crippen molar-refractivity contribution in [3.63, 3.8) is 0 Å². The van der Waals surface area contributed by atoms with E-state index in [0.717, 1.165) is 12.5 Å². The zero-order valence-corrected chi connectivity index (χ0v) is 6.17. The highest BCUT2D eigenvalue weighted by molar-refractivity contribution is 8.10. The molecule has 0 aliphatic heterocycles. The highest BCUT2D eigenvalue weighted by Gasteiger charge is 2.21. The van der Waals surface area contributed by atoms with E-state index in [9.17, 15) is 0 Å². The Hall–Kier alpha value is 0.240. The molecule has 0 spiro atoms. The van der Waals surface area contributed by atoms with Crippen LogP contribution in [-0.4, -0.2) is 11.0 Å². The van der Waals surface area contributed by atoms with Crippen LogP contribution in [0.2, 0.25) is 0 Å². The van der Waals surface area contributed by atoms with Gasteiger partial charge in [0.1, 0.15) is 0 Å². The number of ether oxygens (including phenoxy) is 1. The molecule has 3 heteroatoms. The smallest absolute Gasteiger partial charge is 0.216 e. The average Bonchev–Trinajstić information content (AvgIpc) is 2.41. The van der Waals surface area contributed by atoms with Crippen molar-refractivity contribution in [2.45, 2.75) is 12.8 Å². The summed E-state index contributed by atoms with van der Waals surface area (Å²) in [6.07, 6.45) is 2.60. The van der Waals surface area contributed by atoms with Crippen molar-refractivity contribution in [2.24, 2.45) is 5.92 Å². The molecule has 1 aliphatic rings. The maximum atomic E-state index is 4.96. The molecule has 0 aromatic rings. The molecule has 0 bridgehead atoms. The number of thiocarbonyl (C=S) groups is 1. The van der Waals surface area contributed by atoms with Crippen LogP contribution in [0.5, 0.6) is 0 Å². The molecule has 0 saturated heterocycles. The van der Waals surface area contributed by atoms with E-state index in [0.29, 0.717) is 4.38 Å². The van der Waals surface area contributed by atoms with Gasteiger partial charge >= 0.3 is 0 Å². The minimum atomic E-state index is 0.372. The third kappa shape index (κ3) is 2.52. The van der Waals surface area contributed by atoms with Crippen LogP contribution in [0.1, 0.15) is 12.8 Å². The Kier molecular flexibility index (Phi) is 2.14. The fraction of sp³-hybridized carbons (Fsp3) is 0.800. The molecule has 1 fully saturated rings. The Bertz CT molecular complexity index is 98.6. The standard InChI is InChI=1S/C5H8OS2/c7-5(8)6-3-4-1-2-4/h4H,1-3H2,(H,7,8). The molecule has 0 N–H and O–H groups in total. The Morgan fingerprint density at radius 3 is 2.75 bits per heavy atom. The van der Waals surface area contributed by atoms with Gasteiger partial charge < -0.3 is 4.74 Å². The van der Waals surface area contributed by atoms with E-state index in [2.05, 4.69) is 24.8 Å². The van der Waals surface area contributed by atoms with Gasteiger partial charge in [-0.3, -0.25) is 0 Å². The van der Waals surface area contributed by atoms with Crippen LogP contribution in [0.15, 0.2) is 0 Å². The fourth-order valence-corrected chi connectivity index (χ4v) is 0.616. The summed E-state index contributed by atoms with van der Waals surface area (Å²) in [5.74, 6) is 0.778. The maximum absolute atomic E-state index is 4.96. The molecule has 1 rings (SSSR count). The predicted octanol–water partition coefficient (Wildman–Crippen LogP) is 1.63.